The first-order valence-electron chi connectivity index (χ1n) is 9.96. The fraction of sp³-hybridized carbons (Fsp3) is 0.667. The lowest BCUT2D eigenvalue weighted by Crippen LogP contribution is -2.50. The number of nitrogens with zero attached hydrogens (tertiary/aromatic N) is 2. The van der Waals surface area contributed by atoms with Gasteiger partial charge in [-0.3, -0.25) is 9.89 Å². The SMILES string of the molecule is CCNC(=NCC(C)N1CCOCC1C)NC(C)C(C)c1ccccc1. The van der Waals surface area contributed by atoms with Crippen molar-refractivity contribution in [1.29, 1.82) is 0 Å². The first-order valence-corrected chi connectivity index (χ1v) is 9.96. The average Bonchev–Trinajstić information content (AvgIpc) is 2.66. The van der Waals surface area contributed by atoms with Crippen LogP contribution in [0.15, 0.2) is 35.3 Å². The third kappa shape index (κ3) is 5.99. The molecule has 0 bridgehead atoms. The van der Waals surface area contributed by atoms with Crippen LogP contribution < -0.4 is 10.6 Å². The third-order valence-electron chi connectivity index (χ3n) is 5.28. The minimum absolute atomic E-state index is 0.299. The molecule has 1 aromatic carbocycles. The summed E-state index contributed by atoms with van der Waals surface area (Å²) in [6.07, 6.45) is 0. The normalized spacial score (nSPS) is 22.5. The predicted octanol–water partition coefficient (Wildman–Crippen LogP) is 2.84. The molecule has 2 rings (SSSR count). The summed E-state index contributed by atoms with van der Waals surface area (Å²) in [7, 11) is 0. The van der Waals surface area contributed by atoms with Crippen molar-refractivity contribution in [2.75, 3.05) is 32.8 Å². The second kappa shape index (κ2) is 10.5. The highest BCUT2D eigenvalue weighted by molar-refractivity contribution is 5.80. The maximum atomic E-state index is 5.55. The van der Waals surface area contributed by atoms with E-state index in [-0.39, 0.29) is 0 Å². The number of morpholine rings is 1. The molecule has 1 fully saturated rings. The molecule has 1 aromatic rings. The number of hydrogen-bond acceptors (Lipinski definition) is 3. The van der Waals surface area contributed by atoms with Gasteiger partial charge in [-0.2, -0.15) is 0 Å². The van der Waals surface area contributed by atoms with Crippen molar-refractivity contribution in [3.8, 4) is 0 Å². The van der Waals surface area contributed by atoms with E-state index in [2.05, 4.69) is 80.5 Å². The lowest BCUT2D eigenvalue weighted by molar-refractivity contribution is -0.0165. The van der Waals surface area contributed by atoms with Crippen molar-refractivity contribution in [1.82, 2.24) is 15.5 Å². The molecule has 0 saturated carbocycles. The summed E-state index contributed by atoms with van der Waals surface area (Å²) in [6.45, 7) is 15.3. The maximum absolute atomic E-state index is 5.55. The van der Waals surface area contributed by atoms with Crippen LogP contribution >= 0.6 is 0 Å². The van der Waals surface area contributed by atoms with Gasteiger partial charge in [-0.15, -0.1) is 0 Å². The van der Waals surface area contributed by atoms with Gasteiger partial charge in [-0.25, -0.2) is 0 Å². The van der Waals surface area contributed by atoms with Crippen LogP contribution in [-0.2, 0) is 4.74 Å². The maximum Gasteiger partial charge on any atom is 0.191 e. The molecule has 0 aromatic heterocycles. The molecule has 2 N–H and O–H groups in total. The van der Waals surface area contributed by atoms with Gasteiger partial charge >= 0.3 is 0 Å². The topological polar surface area (TPSA) is 48.9 Å². The Balaban J connectivity index is 1.95. The number of nitrogens with one attached hydrogen (secondary N) is 2. The highest BCUT2D eigenvalue weighted by atomic mass is 16.5. The fourth-order valence-corrected chi connectivity index (χ4v) is 3.43. The summed E-state index contributed by atoms with van der Waals surface area (Å²) in [5, 5.41) is 6.97. The smallest absolute Gasteiger partial charge is 0.191 e. The Morgan fingerprint density at radius 2 is 2.00 bits per heavy atom. The van der Waals surface area contributed by atoms with Gasteiger partial charge in [0.05, 0.1) is 19.8 Å². The van der Waals surface area contributed by atoms with E-state index in [0.717, 1.165) is 38.8 Å². The molecule has 4 unspecified atom stereocenters. The van der Waals surface area contributed by atoms with Crippen LogP contribution in [0.5, 0.6) is 0 Å². The van der Waals surface area contributed by atoms with Gasteiger partial charge < -0.3 is 15.4 Å². The van der Waals surface area contributed by atoms with Gasteiger partial charge in [0, 0.05) is 37.1 Å². The summed E-state index contributed by atoms with van der Waals surface area (Å²) in [6, 6.07) is 11.8. The zero-order valence-electron chi connectivity index (χ0n) is 17.0. The van der Waals surface area contributed by atoms with E-state index in [1.165, 1.54) is 5.56 Å². The fourth-order valence-electron chi connectivity index (χ4n) is 3.43. The van der Waals surface area contributed by atoms with Crippen molar-refractivity contribution < 1.29 is 4.74 Å². The number of ether oxygens (including phenoxy) is 1. The lowest BCUT2D eigenvalue weighted by Gasteiger charge is -2.37. The summed E-state index contributed by atoms with van der Waals surface area (Å²) >= 11 is 0. The Hall–Kier alpha value is -1.59. The minimum Gasteiger partial charge on any atom is -0.379 e. The van der Waals surface area contributed by atoms with Gasteiger partial charge in [0.1, 0.15) is 0 Å². The zero-order valence-corrected chi connectivity index (χ0v) is 17.0. The monoisotopic (exact) mass is 360 g/mol. The molecule has 5 nitrogen and oxygen atoms in total. The van der Waals surface area contributed by atoms with Crippen LogP contribution in [0.1, 0.15) is 46.1 Å². The van der Waals surface area contributed by atoms with Crippen molar-refractivity contribution in [3.63, 3.8) is 0 Å². The molecule has 0 spiro atoms. The van der Waals surface area contributed by atoms with E-state index in [1.807, 2.05) is 0 Å². The third-order valence-corrected chi connectivity index (χ3v) is 5.28. The number of hydrogen-bond donors (Lipinski definition) is 2. The van der Waals surface area contributed by atoms with E-state index >= 15 is 0 Å². The van der Waals surface area contributed by atoms with Gasteiger partial charge in [-0.1, -0.05) is 37.3 Å². The second-order valence-electron chi connectivity index (χ2n) is 7.36. The number of guanidine groups is 1. The number of benzene rings is 1. The van der Waals surface area contributed by atoms with E-state index in [1.54, 1.807) is 0 Å². The molecule has 0 radical (unpaired) electrons. The van der Waals surface area contributed by atoms with Crippen LogP contribution in [-0.4, -0.2) is 61.8 Å². The molecule has 4 atom stereocenters. The Labute approximate surface area is 159 Å². The Morgan fingerprint density at radius 1 is 1.27 bits per heavy atom. The lowest BCUT2D eigenvalue weighted by atomic mass is 9.94. The highest BCUT2D eigenvalue weighted by Gasteiger charge is 2.23. The van der Waals surface area contributed by atoms with Gasteiger partial charge in [0.2, 0.25) is 0 Å². The molecule has 1 saturated heterocycles. The van der Waals surface area contributed by atoms with Gasteiger partial charge in [-0.05, 0) is 33.3 Å². The predicted molar refractivity (Wildman–Crippen MR) is 110 cm³/mol. The summed E-state index contributed by atoms with van der Waals surface area (Å²) < 4.78 is 5.55. The molecular formula is C21H36N4O. The molecule has 0 aliphatic carbocycles. The molecule has 26 heavy (non-hydrogen) atoms. The van der Waals surface area contributed by atoms with Crippen LogP contribution in [0, 0.1) is 0 Å². The molecule has 1 aliphatic heterocycles. The molecular weight excluding hydrogens is 324 g/mol. The highest BCUT2D eigenvalue weighted by Crippen LogP contribution is 2.18. The molecule has 146 valence electrons. The quantitative estimate of drug-likeness (QED) is 0.580. The number of rotatable bonds is 7. The first kappa shape index (κ1) is 20.7. The van der Waals surface area contributed by atoms with E-state index in [0.29, 0.717) is 24.0 Å². The van der Waals surface area contributed by atoms with E-state index < -0.39 is 0 Å². The first-order chi connectivity index (χ1) is 12.5. The minimum atomic E-state index is 0.299. The Morgan fingerprint density at radius 3 is 2.65 bits per heavy atom. The Kier molecular flexibility index (Phi) is 8.39. The van der Waals surface area contributed by atoms with Crippen LogP contribution in [0.2, 0.25) is 0 Å². The van der Waals surface area contributed by atoms with Crippen molar-refractivity contribution in [2.24, 2.45) is 4.99 Å². The largest absolute Gasteiger partial charge is 0.379 e. The van der Waals surface area contributed by atoms with Crippen LogP contribution in [0.3, 0.4) is 0 Å². The zero-order chi connectivity index (χ0) is 18.9. The molecule has 5 heteroatoms. The van der Waals surface area contributed by atoms with Crippen molar-refractivity contribution >= 4 is 5.96 Å². The van der Waals surface area contributed by atoms with Gasteiger partial charge in [0.15, 0.2) is 5.96 Å². The van der Waals surface area contributed by atoms with Crippen molar-refractivity contribution in [2.45, 2.75) is 58.7 Å². The van der Waals surface area contributed by atoms with E-state index in [9.17, 15) is 0 Å². The molecule has 1 heterocycles. The second-order valence-corrected chi connectivity index (χ2v) is 7.36. The summed E-state index contributed by atoms with van der Waals surface area (Å²) in [5.74, 6) is 1.31. The standard InChI is InChI=1S/C21H36N4O/c1-6-22-21(23-14-16(2)25-12-13-26-15-17(25)3)24-19(5)18(4)20-10-8-7-9-11-20/h7-11,16-19H,6,12-15H2,1-5H3,(H2,22,23,24). The summed E-state index contributed by atoms with van der Waals surface area (Å²) in [4.78, 5) is 7.34. The molecule has 1 aliphatic rings. The van der Waals surface area contributed by atoms with Crippen molar-refractivity contribution in [3.05, 3.63) is 35.9 Å². The number of aliphatic imine (C=N–C) groups is 1. The average molecular weight is 361 g/mol. The summed E-state index contributed by atoms with van der Waals surface area (Å²) in [5.41, 5.74) is 1.35. The molecule has 0 amide bonds. The van der Waals surface area contributed by atoms with Gasteiger partial charge in [0.25, 0.3) is 0 Å². The van der Waals surface area contributed by atoms with Crippen LogP contribution in [0.25, 0.3) is 0 Å². The Bertz CT molecular complexity index is 548. The van der Waals surface area contributed by atoms with Crippen LogP contribution in [0.4, 0.5) is 0 Å². The van der Waals surface area contributed by atoms with E-state index in [4.69, 9.17) is 9.73 Å².